The fraction of sp³-hybridized carbons (Fsp3) is 0.250. The molecule has 0 aliphatic carbocycles. The highest BCUT2D eigenvalue weighted by molar-refractivity contribution is 5.65. The molecule has 1 heterocycles. The molecule has 0 aliphatic rings. The van der Waals surface area contributed by atoms with E-state index >= 15 is 0 Å². The molecule has 0 saturated carbocycles. The fourth-order valence-corrected chi connectivity index (χ4v) is 0.989. The molecule has 0 atom stereocenters. The quantitative estimate of drug-likeness (QED) is 0.835. The van der Waals surface area contributed by atoms with Crippen LogP contribution in [0.25, 0.3) is 0 Å². The monoisotopic (exact) mass is 233 g/mol. The molecule has 8 heteroatoms. The Balaban J connectivity index is 3.22. The fourth-order valence-electron chi connectivity index (χ4n) is 0.989. The van der Waals surface area contributed by atoms with Crippen molar-refractivity contribution in [3.05, 3.63) is 11.9 Å². The molecule has 16 heavy (non-hydrogen) atoms. The van der Waals surface area contributed by atoms with Gasteiger partial charge in [-0.15, -0.1) is 13.2 Å². The third kappa shape index (κ3) is 2.44. The summed E-state index contributed by atoms with van der Waals surface area (Å²) in [7, 11) is 1.11. The van der Waals surface area contributed by atoms with Crippen LogP contribution >= 0.6 is 0 Å². The standard InChI is InChI=1S/C8H6F3N3O2/c1-15-7-5(16-8(9,10)11)3-14-4(2-12)6(7)13/h3H,13H2,1H3. The van der Waals surface area contributed by atoms with Gasteiger partial charge in [0, 0.05) is 0 Å². The lowest BCUT2D eigenvalue weighted by Gasteiger charge is -2.13. The number of nitrogens with two attached hydrogens (primary N) is 1. The number of halogens is 3. The van der Waals surface area contributed by atoms with E-state index in [1.54, 1.807) is 6.07 Å². The third-order valence-corrected chi connectivity index (χ3v) is 1.57. The number of ether oxygens (including phenoxy) is 2. The number of methoxy groups -OCH3 is 1. The van der Waals surface area contributed by atoms with Gasteiger partial charge in [0.15, 0.2) is 17.2 Å². The number of nitrogens with zero attached hydrogens (tertiary/aromatic N) is 2. The predicted octanol–water partition coefficient (Wildman–Crippen LogP) is 1.44. The largest absolute Gasteiger partial charge is 0.573 e. The molecule has 1 aromatic heterocycles. The van der Waals surface area contributed by atoms with E-state index in [1.807, 2.05) is 0 Å². The van der Waals surface area contributed by atoms with Gasteiger partial charge in [0.2, 0.25) is 0 Å². The molecule has 86 valence electrons. The van der Waals surface area contributed by atoms with E-state index in [2.05, 4.69) is 14.5 Å². The van der Waals surface area contributed by atoms with Crippen LogP contribution in [0.2, 0.25) is 0 Å². The van der Waals surface area contributed by atoms with E-state index < -0.39 is 12.1 Å². The summed E-state index contributed by atoms with van der Waals surface area (Å²) in [5.41, 5.74) is 4.84. The van der Waals surface area contributed by atoms with Crippen LogP contribution in [0.15, 0.2) is 6.20 Å². The molecule has 0 fully saturated rings. The second-order valence-corrected chi connectivity index (χ2v) is 2.58. The lowest BCUT2D eigenvalue weighted by atomic mass is 10.3. The van der Waals surface area contributed by atoms with Crippen molar-refractivity contribution in [1.82, 2.24) is 4.98 Å². The van der Waals surface area contributed by atoms with Crippen molar-refractivity contribution in [2.45, 2.75) is 6.36 Å². The number of alkyl halides is 3. The third-order valence-electron chi connectivity index (χ3n) is 1.57. The summed E-state index contributed by atoms with van der Waals surface area (Å²) in [6.07, 6.45) is -4.16. The molecule has 0 amide bonds. The van der Waals surface area contributed by atoms with Crippen LogP contribution < -0.4 is 15.2 Å². The van der Waals surface area contributed by atoms with Gasteiger partial charge in [-0.1, -0.05) is 0 Å². The maximum Gasteiger partial charge on any atom is 0.573 e. The van der Waals surface area contributed by atoms with Crippen molar-refractivity contribution >= 4 is 5.69 Å². The van der Waals surface area contributed by atoms with E-state index in [0.717, 1.165) is 13.3 Å². The number of nitriles is 1. The molecule has 0 aliphatic heterocycles. The molecular formula is C8H6F3N3O2. The molecule has 2 N–H and O–H groups in total. The van der Waals surface area contributed by atoms with Crippen molar-refractivity contribution in [3.63, 3.8) is 0 Å². The zero-order valence-corrected chi connectivity index (χ0v) is 8.00. The van der Waals surface area contributed by atoms with Crippen LogP contribution in [-0.2, 0) is 0 Å². The van der Waals surface area contributed by atoms with E-state index in [9.17, 15) is 13.2 Å². The first-order valence-electron chi connectivity index (χ1n) is 3.87. The summed E-state index contributed by atoms with van der Waals surface area (Å²) in [5, 5.41) is 8.55. The Hall–Kier alpha value is -2.17. The molecule has 1 rings (SSSR count). The van der Waals surface area contributed by atoms with Crippen LogP contribution in [0.1, 0.15) is 5.69 Å². The topological polar surface area (TPSA) is 81.2 Å². The van der Waals surface area contributed by atoms with Crippen LogP contribution in [-0.4, -0.2) is 18.5 Å². The Morgan fingerprint density at radius 3 is 2.56 bits per heavy atom. The van der Waals surface area contributed by atoms with Crippen molar-refractivity contribution in [2.24, 2.45) is 0 Å². The summed E-state index contributed by atoms with van der Waals surface area (Å²) >= 11 is 0. The van der Waals surface area contributed by atoms with Gasteiger partial charge in [0.1, 0.15) is 11.8 Å². The zero-order chi connectivity index (χ0) is 12.3. The summed E-state index contributed by atoms with van der Waals surface area (Å²) in [6.45, 7) is 0. The number of aromatic nitrogens is 1. The first kappa shape index (κ1) is 11.9. The zero-order valence-electron chi connectivity index (χ0n) is 8.00. The molecule has 0 unspecified atom stereocenters. The second kappa shape index (κ2) is 4.14. The van der Waals surface area contributed by atoms with Gasteiger partial charge in [-0.2, -0.15) is 5.26 Å². The first-order valence-corrected chi connectivity index (χ1v) is 3.87. The maximum absolute atomic E-state index is 12.0. The van der Waals surface area contributed by atoms with Gasteiger partial charge in [0.05, 0.1) is 13.3 Å². The lowest BCUT2D eigenvalue weighted by Crippen LogP contribution is -2.18. The van der Waals surface area contributed by atoms with E-state index in [4.69, 9.17) is 11.0 Å². The molecule has 0 spiro atoms. The van der Waals surface area contributed by atoms with Gasteiger partial charge < -0.3 is 15.2 Å². The lowest BCUT2D eigenvalue weighted by molar-refractivity contribution is -0.275. The summed E-state index contributed by atoms with van der Waals surface area (Å²) in [6, 6.07) is 1.61. The Morgan fingerprint density at radius 1 is 1.50 bits per heavy atom. The summed E-state index contributed by atoms with van der Waals surface area (Å²) < 4.78 is 44.1. The molecular weight excluding hydrogens is 227 g/mol. The summed E-state index contributed by atoms with van der Waals surface area (Å²) in [5.74, 6) is -1.06. The predicted molar refractivity (Wildman–Crippen MR) is 46.6 cm³/mol. The van der Waals surface area contributed by atoms with Gasteiger partial charge >= 0.3 is 6.36 Å². The molecule has 1 aromatic rings. The highest BCUT2D eigenvalue weighted by Crippen LogP contribution is 2.36. The molecule has 0 radical (unpaired) electrons. The number of hydrogen-bond acceptors (Lipinski definition) is 5. The molecule has 0 bridgehead atoms. The Morgan fingerprint density at radius 2 is 2.12 bits per heavy atom. The summed E-state index contributed by atoms with van der Waals surface area (Å²) in [4.78, 5) is 3.40. The average molecular weight is 233 g/mol. The van der Waals surface area contributed by atoms with Crippen molar-refractivity contribution in [2.75, 3.05) is 12.8 Å². The maximum atomic E-state index is 12.0. The minimum Gasteiger partial charge on any atom is -0.491 e. The second-order valence-electron chi connectivity index (χ2n) is 2.58. The van der Waals surface area contributed by atoms with E-state index in [0.29, 0.717) is 0 Å². The van der Waals surface area contributed by atoms with Crippen LogP contribution in [0.5, 0.6) is 11.5 Å². The van der Waals surface area contributed by atoms with E-state index in [-0.39, 0.29) is 17.1 Å². The minimum absolute atomic E-state index is 0.230. The van der Waals surface area contributed by atoms with Crippen molar-refractivity contribution in [3.8, 4) is 17.6 Å². The molecule has 0 aromatic carbocycles. The van der Waals surface area contributed by atoms with Crippen molar-refractivity contribution < 1.29 is 22.6 Å². The van der Waals surface area contributed by atoms with Gasteiger partial charge in [-0.3, -0.25) is 0 Å². The van der Waals surface area contributed by atoms with E-state index in [1.165, 1.54) is 0 Å². The average Bonchev–Trinajstić information content (AvgIpc) is 2.16. The molecule has 5 nitrogen and oxygen atoms in total. The van der Waals surface area contributed by atoms with Crippen LogP contribution in [0.4, 0.5) is 18.9 Å². The number of pyridine rings is 1. The Kier molecular flexibility index (Phi) is 3.08. The van der Waals surface area contributed by atoms with Gasteiger partial charge in [-0.05, 0) is 0 Å². The molecule has 0 saturated heterocycles. The number of anilines is 1. The van der Waals surface area contributed by atoms with Crippen LogP contribution in [0, 0.1) is 11.3 Å². The SMILES string of the molecule is COc1c(OC(F)(F)F)cnc(C#N)c1N. The normalized spacial score (nSPS) is 10.7. The van der Waals surface area contributed by atoms with Gasteiger partial charge in [0.25, 0.3) is 0 Å². The Bertz CT molecular complexity index is 439. The number of nitrogen functional groups attached to an aromatic ring is 1. The first-order chi connectivity index (χ1) is 7.39. The van der Waals surface area contributed by atoms with Crippen LogP contribution in [0.3, 0.4) is 0 Å². The van der Waals surface area contributed by atoms with Gasteiger partial charge in [-0.25, -0.2) is 4.98 Å². The minimum atomic E-state index is -4.88. The number of rotatable bonds is 2. The number of hydrogen-bond donors (Lipinski definition) is 1. The Labute approximate surface area is 88.2 Å². The van der Waals surface area contributed by atoms with Crippen molar-refractivity contribution in [1.29, 1.82) is 5.26 Å². The highest BCUT2D eigenvalue weighted by atomic mass is 19.4. The highest BCUT2D eigenvalue weighted by Gasteiger charge is 2.33. The smallest absolute Gasteiger partial charge is 0.491 e.